The fourth-order valence-electron chi connectivity index (χ4n) is 1.16. The lowest BCUT2D eigenvalue weighted by molar-refractivity contribution is 0.542. The lowest BCUT2D eigenvalue weighted by atomic mass is 10.1. The molecule has 0 aliphatic carbocycles. The Hall–Kier alpha value is -0.930. The van der Waals surface area contributed by atoms with Crippen LogP contribution in [-0.2, 0) is 0 Å². The van der Waals surface area contributed by atoms with E-state index in [1.165, 1.54) is 6.07 Å². The largest absolute Gasteiger partial charge is 0.329 e. The maximum Gasteiger partial charge on any atom is 0.128 e. The van der Waals surface area contributed by atoms with Crippen LogP contribution in [0, 0.1) is 5.82 Å². The highest BCUT2D eigenvalue weighted by atomic mass is 19.1. The van der Waals surface area contributed by atoms with E-state index < -0.39 is 0 Å². The van der Waals surface area contributed by atoms with Crippen LogP contribution in [0.1, 0.15) is 11.6 Å². The van der Waals surface area contributed by atoms with Gasteiger partial charge in [0.1, 0.15) is 5.82 Å². The topological polar surface area (TPSA) is 38.0 Å². The van der Waals surface area contributed by atoms with Gasteiger partial charge in [-0.15, -0.1) is 0 Å². The third kappa shape index (κ3) is 1.81. The van der Waals surface area contributed by atoms with Crippen molar-refractivity contribution >= 4 is 0 Å². The van der Waals surface area contributed by atoms with Gasteiger partial charge < -0.3 is 11.1 Å². The normalized spacial score (nSPS) is 12.9. The minimum Gasteiger partial charge on any atom is -0.329 e. The van der Waals surface area contributed by atoms with Crippen molar-refractivity contribution in [3.8, 4) is 0 Å². The summed E-state index contributed by atoms with van der Waals surface area (Å²) in [4.78, 5) is 0. The summed E-state index contributed by atoms with van der Waals surface area (Å²) in [5, 5.41) is 2.94. The number of halogens is 1. The third-order valence-corrected chi connectivity index (χ3v) is 1.86. The highest BCUT2D eigenvalue weighted by Gasteiger charge is 2.10. The fourth-order valence-corrected chi connectivity index (χ4v) is 1.16. The van der Waals surface area contributed by atoms with Gasteiger partial charge in [-0.2, -0.15) is 0 Å². The van der Waals surface area contributed by atoms with Crippen LogP contribution in [-0.4, -0.2) is 13.6 Å². The summed E-state index contributed by atoms with van der Waals surface area (Å²) in [6.07, 6.45) is 0. The molecule has 0 saturated carbocycles. The Morgan fingerprint density at radius 1 is 1.50 bits per heavy atom. The zero-order valence-electron chi connectivity index (χ0n) is 7.05. The standard InChI is InChI=1S/C9H13FN2/c1-12-9(6-11)7-4-2-3-5-8(7)10/h2-5,9,12H,6,11H2,1H3/t9-/m1/s1. The third-order valence-electron chi connectivity index (χ3n) is 1.86. The molecule has 3 heteroatoms. The Labute approximate surface area is 71.6 Å². The molecule has 0 aliphatic rings. The molecule has 2 nitrogen and oxygen atoms in total. The first-order valence-corrected chi connectivity index (χ1v) is 3.91. The molecule has 1 atom stereocenters. The van der Waals surface area contributed by atoms with Crippen molar-refractivity contribution in [2.24, 2.45) is 5.73 Å². The predicted octanol–water partition coefficient (Wildman–Crippen LogP) is 1.04. The summed E-state index contributed by atoms with van der Waals surface area (Å²) in [7, 11) is 1.77. The van der Waals surface area contributed by atoms with E-state index >= 15 is 0 Å². The predicted molar refractivity (Wildman–Crippen MR) is 47.3 cm³/mol. The molecule has 0 radical (unpaired) electrons. The smallest absolute Gasteiger partial charge is 0.128 e. The monoisotopic (exact) mass is 168 g/mol. The van der Waals surface area contributed by atoms with Gasteiger partial charge in [-0.3, -0.25) is 0 Å². The van der Waals surface area contributed by atoms with Crippen molar-refractivity contribution in [2.75, 3.05) is 13.6 Å². The van der Waals surface area contributed by atoms with Crippen molar-refractivity contribution in [3.05, 3.63) is 35.6 Å². The maximum absolute atomic E-state index is 13.1. The molecule has 66 valence electrons. The summed E-state index contributed by atoms with van der Waals surface area (Å²) in [6.45, 7) is 0.400. The molecule has 0 bridgehead atoms. The second-order valence-corrected chi connectivity index (χ2v) is 2.60. The SMILES string of the molecule is CN[C@H](CN)c1ccccc1F. The van der Waals surface area contributed by atoms with E-state index in [-0.39, 0.29) is 11.9 Å². The number of hydrogen-bond donors (Lipinski definition) is 2. The minimum atomic E-state index is -0.206. The Kier molecular flexibility index (Phi) is 3.19. The second-order valence-electron chi connectivity index (χ2n) is 2.60. The molecule has 1 aromatic rings. The average Bonchev–Trinajstić information content (AvgIpc) is 2.10. The summed E-state index contributed by atoms with van der Waals surface area (Å²) in [6, 6.07) is 6.56. The number of hydrogen-bond acceptors (Lipinski definition) is 2. The summed E-state index contributed by atoms with van der Waals surface area (Å²) in [5.41, 5.74) is 6.08. The van der Waals surface area contributed by atoms with Crippen LogP contribution in [0.25, 0.3) is 0 Å². The molecule has 0 unspecified atom stereocenters. The zero-order valence-corrected chi connectivity index (χ0v) is 7.05. The van der Waals surface area contributed by atoms with Crippen molar-refractivity contribution in [1.29, 1.82) is 0 Å². The number of likely N-dealkylation sites (N-methyl/N-ethyl adjacent to an activating group) is 1. The number of rotatable bonds is 3. The van der Waals surface area contributed by atoms with Crippen LogP contribution in [0.5, 0.6) is 0 Å². The van der Waals surface area contributed by atoms with Gasteiger partial charge in [-0.1, -0.05) is 18.2 Å². The zero-order chi connectivity index (χ0) is 8.97. The molecular weight excluding hydrogens is 155 g/mol. The molecule has 0 aromatic heterocycles. The molecule has 0 fully saturated rings. The molecule has 1 aromatic carbocycles. The molecule has 1 rings (SSSR count). The first-order valence-electron chi connectivity index (χ1n) is 3.91. The first kappa shape index (κ1) is 9.16. The lowest BCUT2D eigenvalue weighted by Gasteiger charge is -2.14. The highest BCUT2D eigenvalue weighted by Crippen LogP contribution is 2.14. The summed E-state index contributed by atoms with van der Waals surface area (Å²) in [5.74, 6) is -0.206. The summed E-state index contributed by atoms with van der Waals surface area (Å²) >= 11 is 0. The Bertz CT molecular complexity index is 246. The van der Waals surface area contributed by atoms with Gasteiger partial charge in [0.25, 0.3) is 0 Å². The van der Waals surface area contributed by atoms with Crippen molar-refractivity contribution in [1.82, 2.24) is 5.32 Å². The van der Waals surface area contributed by atoms with Crippen LogP contribution in [0.4, 0.5) is 4.39 Å². The maximum atomic E-state index is 13.1. The highest BCUT2D eigenvalue weighted by molar-refractivity contribution is 5.21. The average molecular weight is 168 g/mol. The van der Waals surface area contributed by atoms with Gasteiger partial charge in [0.05, 0.1) is 0 Å². The van der Waals surface area contributed by atoms with Crippen LogP contribution < -0.4 is 11.1 Å². The molecule has 0 spiro atoms. The molecule has 3 N–H and O–H groups in total. The van der Waals surface area contributed by atoms with E-state index in [2.05, 4.69) is 5.32 Å². The van der Waals surface area contributed by atoms with E-state index in [1.54, 1.807) is 25.2 Å². The molecule has 0 amide bonds. The number of nitrogens with two attached hydrogens (primary N) is 1. The van der Waals surface area contributed by atoms with E-state index in [0.29, 0.717) is 12.1 Å². The van der Waals surface area contributed by atoms with Gasteiger partial charge in [0.15, 0.2) is 0 Å². The van der Waals surface area contributed by atoms with Gasteiger partial charge in [-0.25, -0.2) is 4.39 Å². The Morgan fingerprint density at radius 2 is 2.17 bits per heavy atom. The van der Waals surface area contributed by atoms with Crippen LogP contribution in [0.2, 0.25) is 0 Å². The molecular formula is C9H13FN2. The van der Waals surface area contributed by atoms with E-state index in [0.717, 1.165) is 0 Å². The minimum absolute atomic E-state index is 0.0915. The molecule has 0 aliphatic heterocycles. The van der Waals surface area contributed by atoms with Gasteiger partial charge in [0, 0.05) is 18.2 Å². The molecule has 0 saturated heterocycles. The van der Waals surface area contributed by atoms with E-state index in [1.807, 2.05) is 0 Å². The quantitative estimate of drug-likeness (QED) is 0.707. The summed E-state index contributed by atoms with van der Waals surface area (Å²) < 4.78 is 13.1. The number of nitrogens with one attached hydrogen (secondary N) is 1. The van der Waals surface area contributed by atoms with Gasteiger partial charge in [0.2, 0.25) is 0 Å². The number of benzene rings is 1. The Balaban J connectivity index is 2.92. The van der Waals surface area contributed by atoms with Crippen molar-refractivity contribution in [3.63, 3.8) is 0 Å². The Morgan fingerprint density at radius 3 is 2.67 bits per heavy atom. The second kappa shape index (κ2) is 4.18. The van der Waals surface area contributed by atoms with Crippen molar-refractivity contribution < 1.29 is 4.39 Å². The molecule has 12 heavy (non-hydrogen) atoms. The van der Waals surface area contributed by atoms with Crippen LogP contribution in [0.3, 0.4) is 0 Å². The lowest BCUT2D eigenvalue weighted by Crippen LogP contribution is -2.25. The van der Waals surface area contributed by atoms with E-state index in [4.69, 9.17) is 5.73 Å². The van der Waals surface area contributed by atoms with Crippen LogP contribution >= 0.6 is 0 Å². The first-order chi connectivity index (χ1) is 5.79. The van der Waals surface area contributed by atoms with Gasteiger partial charge >= 0.3 is 0 Å². The van der Waals surface area contributed by atoms with E-state index in [9.17, 15) is 4.39 Å². The fraction of sp³-hybridized carbons (Fsp3) is 0.333. The van der Waals surface area contributed by atoms with Gasteiger partial charge in [-0.05, 0) is 13.1 Å². The molecule has 0 heterocycles. The van der Waals surface area contributed by atoms with Crippen molar-refractivity contribution in [2.45, 2.75) is 6.04 Å². The van der Waals surface area contributed by atoms with Crippen LogP contribution in [0.15, 0.2) is 24.3 Å².